The molecule has 25 heavy (non-hydrogen) atoms. The molecule has 0 aliphatic heterocycles. The van der Waals surface area contributed by atoms with Crippen molar-refractivity contribution < 1.29 is 9.90 Å². The monoisotopic (exact) mass is 371 g/mol. The van der Waals surface area contributed by atoms with Gasteiger partial charge in [-0.1, -0.05) is 65.8 Å². The number of hydrogen-bond acceptors (Lipinski definition) is 5. The molecule has 0 aliphatic carbocycles. The summed E-state index contributed by atoms with van der Waals surface area (Å²) in [5.41, 5.74) is 3.11. The number of carbonyl (C=O) groups is 1. The molecular weight excluding hydrogens is 358 g/mol. The summed E-state index contributed by atoms with van der Waals surface area (Å²) in [6.45, 7) is 0. The molecule has 0 aliphatic rings. The van der Waals surface area contributed by atoms with Gasteiger partial charge in [-0.15, -0.1) is 0 Å². The summed E-state index contributed by atoms with van der Waals surface area (Å²) >= 11 is 7.01. The zero-order valence-corrected chi connectivity index (χ0v) is 14.6. The van der Waals surface area contributed by atoms with Gasteiger partial charge in [0, 0.05) is 11.8 Å². The third kappa shape index (κ3) is 4.95. The lowest BCUT2D eigenvalue weighted by Gasteiger charge is -2.08. The highest BCUT2D eigenvalue weighted by Crippen LogP contribution is 2.24. The fourth-order valence-electron chi connectivity index (χ4n) is 2.18. The topological polar surface area (TPSA) is 75.1 Å². The molecule has 5 nitrogen and oxygen atoms in total. The first-order valence-electron chi connectivity index (χ1n) is 7.42. The molecule has 0 fully saturated rings. The van der Waals surface area contributed by atoms with Crippen LogP contribution in [0.2, 0.25) is 5.15 Å². The Balaban J connectivity index is 1.74. The summed E-state index contributed by atoms with van der Waals surface area (Å²) in [6.07, 6.45) is 0. The van der Waals surface area contributed by atoms with Crippen LogP contribution >= 0.6 is 23.4 Å². The molecule has 3 rings (SSSR count). The normalized spacial score (nSPS) is 10.4. The zero-order valence-electron chi connectivity index (χ0n) is 13.0. The number of thioether (sulfide) groups is 1. The van der Waals surface area contributed by atoms with Crippen molar-refractivity contribution in [1.82, 2.24) is 9.97 Å². The first-order chi connectivity index (χ1) is 12.1. The standard InChI is InChI=1S/C18H14ClN3O2S/c19-15-10-16(22-18(21-15)25-11-17(23)24)20-14-8-6-13(7-9-14)12-4-2-1-3-5-12/h1-10H,11H2,(H,23,24)(H,20,21,22). The SMILES string of the molecule is O=C(O)CSc1nc(Cl)cc(Nc2ccc(-c3ccccc3)cc2)n1. The van der Waals surface area contributed by atoms with Crippen LogP contribution in [0.15, 0.2) is 65.8 Å². The molecule has 0 unspecified atom stereocenters. The Morgan fingerprint density at radius 3 is 2.40 bits per heavy atom. The molecule has 1 heterocycles. The Kier molecular flexibility index (Phi) is 5.53. The Morgan fingerprint density at radius 2 is 1.72 bits per heavy atom. The third-order valence-corrected chi connectivity index (χ3v) is 4.29. The molecule has 0 saturated heterocycles. The van der Waals surface area contributed by atoms with Crippen LogP contribution in [0, 0.1) is 0 Å². The maximum absolute atomic E-state index is 10.7. The Hall–Kier alpha value is -2.57. The van der Waals surface area contributed by atoms with E-state index in [1.165, 1.54) is 0 Å². The molecule has 0 atom stereocenters. The Morgan fingerprint density at radius 1 is 1.04 bits per heavy atom. The predicted molar refractivity (Wildman–Crippen MR) is 101 cm³/mol. The molecule has 126 valence electrons. The number of benzene rings is 2. The zero-order chi connectivity index (χ0) is 17.6. The van der Waals surface area contributed by atoms with E-state index in [0.29, 0.717) is 11.0 Å². The molecule has 1 aromatic heterocycles. The molecule has 7 heteroatoms. The number of rotatable bonds is 6. The summed E-state index contributed by atoms with van der Waals surface area (Å²) in [4.78, 5) is 18.9. The van der Waals surface area contributed by atoms with Gasteiger partial charge >= 0.3 is 5.97 Å². The van der Waals surface area contributed by atoms with E-state index < -0.39 is 5.97 Å². The van der Waals surface area contributed by atoms with Crippen molar-refractivity contribution in [2.75, 3.05) is 11.1 Å². The lowest BCUT2D eigenvalue weighted by atomic mass is 10.1. The van der Waals surface area contributed by atoms with Crippen molar-refractivity contribution >= 4 is 40.8 Å². The van der Waals surface area contributed by atoms with E-state index in [9.17, 15) is 4.79 Å². The van der Waals surface area contributed by atoms with E-state index in [2.05, 4.69) is 27.4 Å². The van der Waals surface area contributed by atoms with E-state index in [-0.39, 0.29) is 10.9 Å². The van der Waals surface area contributed by atoms with Crippen molar-refractivity contribution in [2.24, 2.45) is 0 Å². The van der Waals surface area contributed by atoms with Gasteiger partial charge in [-0.05, 0) is 23.3 Å². The van der Waals surface area contributed by atoms with E-state index in [4.69, 9.17) is 16.7 Å². The van der Waals surface area contributed by atoms with Crippen LogP contribution in [0.1, 0.15) is 0 Å². The summed E-state index contributed by atoms with van der Waals surface area (Å²) in [7, 11) is 0. The van der Waals surface area contributed by atoms with Crippen molar-refractivity contribution in [3.05, 3.63) is 65.8 Å². The number of anilines is 2. The van der Waals surface area contributed by atoms with Crippen molar-refractivity contribution in [3.8, 4) is 11.1 Å². The molecule has 3 aromatic rings. The van der Waals surface area contributed by atoms with Crippen LogP contribution in [0.25, 0.3) is 11.1 Å². The molecular formula is C18H14ClN3O2S. The highest BCUT2D eigenvalue weighted by Gasteiger charge is 2.07. The number of halogens is 1. The molecule has 2 N–H and O–H groups in total. The van der Waals surface area contributed by atoms with E-state index >= 15 is 0 Å². The Labute approximate surface area is 154 Å². The van der Waals surface area contributed by atoms with Crippen LogP contribution in [0.4, 0.5) is 11.5 Å². The van der Waals surface area contributed by atoms with E-state index in [0.717, 1.165) is 28.6 Å². The minimum absolute atomic E-state index is 0.119. The molecule has 0 spiro atoms. The van der Waals surface area contributed by atoms with E-state index in [1.807, 2.05) is 42.5 Å². The minimum Gasteiger partial charge on any atom is -0.481 e. The van der Waals surface area contributed by atoms with Gasteiger partial charge in [0.2, 0.25) is 0 Å². The summed E-state index contributed by atoms with van der Waals surface area (Å²) in [5, 5.41) is 12.5. The molecule has 0 bridgehead atoms. The van der Waals surface area contributed by atoms with Gasteiger partial charge in [-0.2, -0.15) is 0 Å². The van der Waals surface area contributed by atoms with Crippen LogP contribution < -0.4 is 5.32 Å². The number of aromatic nitrogens is 2. The van der Waals surface area contributed by atoms with Crippen LogP contribution in [-0.2, 0) is 4.79 Å². The van der Waals surface area contributed by atoms with Gasteiger partial charge in [0.1, 0.15) is 11.0 Å². The molecule has 2 aromatic carbocycles. The van der Waals surface area contributed by atoms with Gasteiger partial charge in [0.25, 0.3) is 0 Å². The second-order valence-corrected chi connectivity index (χ2v) is 6.44. The third-order valence-electron chi connectivity index (χ3n) is 3.26. The maximum Gasteiger partial charge on any atom is 0.313 e. The summed E-state index contributed by atoms with van der Waals surface area (Å²) in [5.74, 6) is -0.536. The lowest BCUT2D eigenvalue weighted by Crippen LogP contribution is -2.01. The number of hydrogen-bond donors (Lipinski definition) is 2. The van der Waals surface area contributed by atoms with Crippen molar-refractivity contribution in [1.29, 1.82) is 0 Å². The summed E-state index contributed by atoms with van der Waals surface area (Å²) in [6, 6.07) is 19.6. The molecule has 0 radical (unpaired) electrons. The predicted octanol–water partition coefficient (Wildman–Crippen LogP) is 4.72. The average Bonchev–Trinajstić information content (AvgIpc) is 2.61. The number of carboxylic acid groups (broad SMARTS) is 1. The number of nitrogens with one attached hydrogen (secondary N) is 1. The fraction of sp³-hybridized carbons (Fsp3) is 0.0556. The summed E-state index contributed by atoms with van der Waals surface area (Å²) < 4.78 is 0. The van der Waals surface area contributed by atoms with Gasteiger partial charge in [-0.3, -0.25) is 4.79 Å². The smallest absolute Gasteiger partial charge is 0.313 e. The average molecular weight is 372 g/mol. The number of nitrogens with zero attached hydrogens (tertiary/aromatic N) is 2. The first-order valence-corrected chi connectivity index (χ1v) is 8.78. The number of aliphatic carboxylic acids is 1. The minimum atomic E-state index is -0.931. The van der Waals surface area contributed by atoms with Crippen molar-refractivity contribution in [2.45, 2.75) is 5.16 Å². The van der Waals surface area contributed by atoms with Gasteiger partial charge in [0.15, 0.2) is 5.16 Å². The van der Waals surface area contributed by atoms with Crippen LogP contribution in [0.5, 0.6) is 0 Å². The fourth-order valence-corrected chi connectivity index (χ4v) is 2.99. The maximum atomic E-state index is 10.7. The van der Waals surface area contributed by atoms with Gasteiger partial charge in [0.05, 0.1) is 5.75 Å². The highest BCUT2D eigenvalue weighted by molar-refractivity contribution is 7.99. The largest absolute Gasteiger partial charge is 0.481 e. The van der Waals surface area contributed by atoms with E-state index in [1.54, 1.807) is 6.07 Å². The van der Waals surface area contributed by atoms with Crippen LogP contribution in [-0.4, -0.2) is 26.8 Å². The van der Waals surface area contributed by atoms with Crippen LogP contribution in [0.3, 0.4) is 0 Å². The number of carboxylic acids is 1. The van der Waals surface area contributed by atoms with Gasteiger partial charge < -0.3 is 10.4 Å². The highest BCUT2D eigenvalue weighted by atomic mass is 35.5. The Bertz CT molecular complexity index is 873. The molecule has 0 amide bonds. The second kappa shape index (κ2) is 8.00. The first kappa shape index (κ1) is 17.3. The lowest BCUT2D eigenvalue weighted by molar-refractivity contribution is -0.133. The second-order valence-electron chi connectivity index (χ2n) is 5.11. The van der Waals surface area contributed by atoms with Crippen molar-refractivity contribution in [3.63, 3.8) is 0 Å². The quantitative estimate of drug-likeness (QED) is 0.371. The van der Waals surface area contributed by atoms with Gasteiger partial charge in [-0.25, -0.2) is 9.97 Å². The molecule has 0 saturated carbocycles.